The highest BCUT2D eigenvalue weighted by Gasteiger charge is 2.29. The number of fused-ring (bicyclic) bond motifs is 3. The lowest BCUT2D eigenvalue weighted by molar-refractivity contribution is -0.140. The van der Waals surface area contributed by atoms with Gasteiger partial charge >= 0.3 is 5.97 Å². The van der Waals surface area contributed by atoms with Gasteiger partial charge in [-0.3, -0.25) is 0 Å². The molecular weight excluding hydrogens is 206 g/mol. The number of carboxylic acids is 1. The number of nitrogens with zero attached hydrogens (tertiary/aromatic N) is 1. The minimum Gasteiger partial charge on any atom is -0.508 e. The summed E-state index contributed by atoms with van der Waals surface area (Å²) in [6.45, 7) is 0. The van der Waals surface area contributed by atoms with Gasteiger partial charge in [-0.25, -0.2) is 4.79 Å². The first-order chi connectivity index (χ1) is 7.66. The summed E-state index contributed by atoms with van der Waals surface area (Å²) in [6, 6.07) is 6.52. The van der Waals surface area contributed by atoms with E-state index in [0.717, 1.165) is 23.0 Å². The second-order valence-corrected chi connectivity index (χ2v) is 4.14. The number of aromatic hydroxyl groups is 1. The molecule has 1 aliphatic rings. The van der Waals surface area contributed by atoms with Crippen LogP contribution in [0.2, 0.25) is 0 Å². The van der Waals surface area contributed by atoms with Crippen molar-refractivity contribution in [1.29, 1.82) is 0 Å². The first-order valence-electron chi connectivity index (χ1n) is 5.22. The van der Waals surface area contributed by atoms with E-state index in [4.69, 9.17) is 5.11 Å². The third kappa shape index (κ3) is 1.13. The molecule has 0 aliphatic carbocycles. The van der Waals surface area contributed by atoms with Gasteiger partial charge in [-0.05, 0) is 37.1 Å². The molecule has 2 aromatic rings. The van der Waals surface area contributed by atoms with Crippen molar-refractivity contribution in [3.05, 3.63) is 30.0 Å². The maximum Gasteiger partial charge on any atom is 0.326 e. The third-order valence-corrected chi connectivity index (χ3v) is 3.17. The molecule has 1 aromatic carbocycles. The SMILES string of the molecule is O=C(O)C1CCc2cc3cc(O)ccc3n21. The van der Waals surface area contributed by atoms with E-state index in [9.17, 15) is 9.90 Å². The molecule has 2 N–H and O–H groups in total. The Balaban J connectivity index is 2.27. The molecular formula is C12H11NO3. The summed E-state index contributed by atoms with van der Waals surface area (Å²) in [4.78, 5) is 11.1. The summed E-state index contributed by atoms with van der Waals surface area (Å²) in [7, 11) is 0. The first kappa shape index (κ1) is 9.27. The Morgan fingerprint density at radius 1 is 1.38 bits per heavy atom. The Labute approximate surface area is 91.7 Å². The quantitative estimate of drug-likeness (QED) is 0.767. The van der Waals surface area contributed by atoms with E-state index in [1.165, 1.54) is 0 Å². The maximum absolute atomic E-state index is 11.1. The van der Waals surface area contributed by atoms with Gasteiger partial charge in [-0.15, -0.1) is 0 Å². The predicted octanol–water partition coefficient (Wildman–Crippen LogP) is 1.92. The highest BCUT2D eigenvalue weighted by atomic mass is 16.4. The monoisotopic (exact) mass is 217 g/mol. The lowest BCUT2D eigenvalue weighted by Crippen LogP contribution is -2.14. The molecule has 0 bridgehead atoms. The molecule has 1 aliphatic heterocycles. The Kier molecular flexibility index (Phi) is 1.74. The van der Waals surface area contributed by atoms with Crippen molar-refractivity contribution >= 4 is 16.9 Å². The number of carboxylic acid groups (broad SMARTS) is 1. The van der Waals surface area contributed by atoms with Gasteiger partial charge in [0.25, 0.3) is 0 Å². The number of aromatic nitrogens is 1. The number of rotatable bonds is 1. The van der Waals surface area contributed by atoms with Gasteiger partial charge in [0, 0.05) is 16.6 Å². The van der Waals surface area contributed by atoms with Crippen LogP contribution in [0.1, 0.15) is 18.2 Å². The zero-order valence-corrected chi connectivity index (χ0v) is 8.55. The van der Waals surface area contributed by atoms with Gasteiger partial charge in [0.15, 0.2) is 0 Å². The van der Waals surface area contributed by atoms with Gasteiger partial charge in [0.1, 0.15) is 11.8 Å². The van der Waals surface area contributed by atoms with Crippen LogP contribution in [-0.4, -0.2) is 20.7 Å². The number of phenolic OH excluding ortho intramolecular Hbond substituents is 1. The lowest BCUT2D eigenvalue weighted by atomic mass is 10.1. The molecule has 16 heavy (non-hydrogen) atoms. The molecule has 0 saturated heterocycles. The maximum atomic E-state index is 11.1. The Morgan fingerprint density at radius 3 is 2.94 bits per heavy atom. The summed E-state index contributed by atoms with van der Waals surface area (Å²) in [5.41, 5.74) is 1.92. The van der Waals surface area contributed by atoms with E-state index in [-0.39, 0.29) is 5.75 Å². The molecule has 2 heterocycles. The summed E-state index contributed by atoms with van der Waals surface area (Å²) in [6.07, 6.45) is 1.44. The van der Waals surface area contributed by atoms with Crippen LogP contribution in [0.4, 0.5) is 0 Å². The fraction of sp³-hybridized carbons (Fsp3) is 0.250. The largest absolute Gasteiger partial charge is 0.508 e. The molecule has 0 radical (unpaired) electrons. The number of benzene rings is 1. The van der Waals surface area contributed by atoms with E-state index < -0.39 is 12.0 Å². The second-order valence-electron chi connectivity index (χ2n) is 4.14. The predicted molar refractivity (Wildman–Crippen MR) is 58.6 cm³/mol. The average molecular weight is 217 g/mol. The molecule has 0 saturated carbocycles. The Hall–Kier alpha value is -1.97. The van der Waals surface area contributed by atoms with Gasteiger partial charge in [-0.1, -0.05) is 0 Å². The van der Waals surface area contributed by atoms with Crippen molar-refractivity contribution in [1.82, 2.24) is 4.57 Å². The van der Waals surface area contributed by atoms with Crippen LogP contribution in [-0.2, 0) is 11.2 Å². The molecule has 1 atom stereocenters. The highest BCUT2D eigenvalue weighted by molar-refractivity contribution is 5.86. The number of carbonyl (C=O) groups is 1. The van der Waals surface area contributed by atoms with Crippen LogP contribution in [0, 0.1) is 0 Å². The molecule has 3 rings (SSSR count). The van der Waals surface area contributed by atoms with E-state index in [1.807, 2.05) is 10.6 Å². The average Bonchev–Trinajstić information content (AvgIpc) is 2.74. The standard InChI is InChI=1S/C12H11NO3/c14-9-2-4-10-7(6-9)5-8-1-3-11(12(15)16)13(8)10/h2,4-6,11,14H,1,3H2,(H,15,16). The van der Waals surface area contributed by atoms with Crippen LogP contribution < -0.4 is 0 Å². The summed E-state index contributed by atoms with van der Waals surface area (Å²) in [5.74, 6) is -0.576. The molecule has 0 fully saturated rings. The van der Waals surface area contributed by atoms with Gasteiger partial charge < -0.3 is 14.8 Å². The second kappa shape index (κ2) is 3.01. The smallest absolute Gasteiger partial charge is 0.326 e. The zero-order valence-electron chi connectivity index (χ0n) is 8.55. The molecule has 0 amide bonds. The lowest BCUT2D eigenvalue weighted by Gasteiger charge is -2.09. The molecule has 0 spiro atoms. The van der Waals surface area contributed by atoms with E-state index in [2.05, 4.69) is 0 Å². The van der Waals surface area contributed by atoms with Gasteiger partial charge in [0.2, 0.25) is 0 Å². The molecule has 1 aromatic heterocycles. The Morgan fingerprint density at radius 2 is 2.19 bits per heavy atom. The number of aliphatic carboxylic acids is 1. The summed E-state index contributed by atoms with van der Waals surface area (Å²) >= 11 is 0. The van der Waals surface area contributed by atoms with E-state index >= 15 is 0 Å². The molecule has 4 nitrogen and oxygen atoms in total. The van der Waals surface area contributed by atoms with Crippen molar-refractivity contribution in [2.45, 2.75) is 18.9 Å². The Bertz CT molecular complexity index is 585. The van der Waals surface area contributed by atoms with Crippen molar-refractivity contribution in [3.8, 4) is 5.75 Å². The zero-order chi connectivity index (χ0) is 11.3. The van der Waals surface area contributed by atoms with Crippen LogP contribution in [0.3, 0.4) is 0 Å². The van der Waals surface area contributed by atoms with Crippen molar-refractivity contribution < 1.29 is 15.0 Å². The van der Waals surface area contributed by atoms with Gasteiger partial charge in [-0.2, -0.15) is 0 Å². The molecule has 4 heteroatoms. The van der Waals surface area contributed by atoms with Crippen molar-refractivity contribution in [3.63, 3.8) is 0 Å². The number of hydrogen-bond donors (Lipinski definition) is 2. The van der Waals surface area contributed by atoms with Crippen molar-refractivity contribution in [2.24, 2.45) is 0 Å². The van der Waals surface area contributed by atoms with Crippen LogP contribution in [0.15, 0.2) is 24.3 Å². The summed E-state index contributed by atoms with van der Waals surface area (Å²) in [5, 5.41) is 19.4. The fourth-order valence-electron chi connectivity index (χ4n) is 2.49. The van der Waals surface area contributed by atoms with Crippen LogP contribution in [0.25, 0.3) is 10.9 Å². The topological polar surface area (TPSA) is 62.5 Å². The first-order valence-corrected chi connectivity index (χ1v) is 5.22. The third-order valence-electron chi connectivity index (χ3n) is 3.17. The van der Waals surface area contributed by atoms with Crippen molar-refractivity contribution in [2.75, 3.05) is 0 Å². The highest BCUT2D eigenvalue weighted by Crippen LogP contribution is 2.34. The molecule has 82 valence electrons. The van der Waals surface area contributed by atoms with Crippen LogP contribution in [0.5, 0.6) is 5.75 Å². The minimum atomic E-state index is -0.788. The summed E-state index contributed by atoms with van der Waals surface area (Å²) < 4.78 is 1.86. The van der Waals surface area contributed by atoms with Gasteiger partial charge in [0.05, 0.1) is 0 Å². The number of aryl methyl sites for hydroxylation is 1. The van der Waals surface area contributed by atoms with E-state index in [0.29, 0.717) is 6.42 Å². The minimum absolute atomic E-state index is 0.212. The van der Waals surface area contributed by atoms with Crippen LogP contribution >= 0.6 is 0 Å². The number of phenols is 1. The normalized spacial score (nSPS) is 18.9. The van der Waals surface area contributed by atoms with E-state index in [1.54, 1.807) is 18.2 Å². The molecule has 1 unspecified atom stereocenters. The number of hydrogen-bond acceptors (Lipinski definition) is 2. The fourth-order valence-corrected chi connectivity index (χ4v) is 2.49.